The first-order chi connectivity index (χ1) is 12.3. The molecule has 1 N–H and O–H groups in total. The summed E-state index contributed by atoms with van der Waals surface area (Å²) in [6, 6.07) is 7.61. The Balaban J connectivity index is 1.94. The first-order valence-electron chi connectivity index (χ1n) is 7.60. The number of furan rings is 1. The highest BCUT2D eigenvalue weighted by molar-refractivity contribution is 6.01. The van der Waals surface area contributed by atoms with E-state index in [0.29, 0.717) is 17.9 Å². The van der Waals surface area contributed by atoms with Crippen molar-refractivity contribution in [3.05, 3.63) is 59.6 Å². The molecule has 1 amide bonds. The highest BCUT2D eigenvalue weighted by atomic mass is 19.4. The summed E-state index contributed by atoms with van der Waals surface area (Å²) in [5, 5.41) is 2.35. The van der Waals surface area contributed by atoms with E-state index in [4.69, 9.17) is 4.42 Å². The molecule has 0 aliphatic carbocycles. The van der Waals surface area contributed by atoms with Gasteiger partial charge in [-0.3, -0.25) is 9.59 Å². The number of nitrogens with one attached hydrogen (secondary N) is 1. The summed E-state index contributed by atoms with van der Waals surface area (Å²) in [7, 11) is 1.29. The quantitative estimate of drug-likeness (QED) is 0.618. The van der Waals surface area contributed by atoms with Crippen LogP contribution < -0.4 is 5.32 Å². The Morgan fingerprint density at radius 3 is 2.69 bits per heavy atom. The number of hydrogen-bond acceptors (Lipinski definition) is 4. The van der Waals surface area contributed by atoms with Crippen molar-refractivity contribution in [3.8, 4) is 0 Å². The second-order valence-electron chi connectivity index (χ2n) is 5.28. The number of alkyl halides is 3. The molecule has 0 unspecified atom stereocenters. The molecule has 26 heavy (non-hydrogen) atoms. The molecule has 8 heteroatoms. The van der Waals surface area contributed by atoms with Crippen LogP contribution in [0.1, 0.15) is 23.5 Å². The fraction of sp³-hybridized carbons (Fsp3) is 0.222. The van der Waals surface area contributed by atoms with Crippen molar-refractivity contribution in [3.63, 3.8) is 0 Å². The summed E-state index contributed by atoms with van der Waals surface area (Å²) in [4.78, 5) is 22.9. The molecule has 5 nitrogen and oxygen atoms in total. The molecule has 0 saturated carbocycles. The van der Waals surface area contributed by atoms with Crippen molar-refractivity contribution in [1.82, 2.24) is 0 Å². The highest BCUT2D eigenvalue weighted by Gasteiger charge is 2.30. The zero-order chi connectivity index (χ0) is 19.2. The van der Waals surface area contributed by atoms with Crippen molar-refractivity contribution in [1.29, 1.82) is 0 Å². The van der Waals surface area contributed by atoms with Crippen LogP contribution in [0.25, 0.3) is 6.08 Å². The molecule has 0 bridgehead atoms. The predicted octanol–water partition coefficient (Wildman–Crippen LogP) is 4.06. The molecule has 1 aromatic heterocycles. The number of carbonyl (C=O) groups excluding carboxylic acids is 2. The van der Waals surface area contributed by atoms with Gasteiger partial charge >= 0.3 is 12.1 Å². The molecular formula is C18H16F3NO4. The lowest BCUT2D eigenvalue weighted by Gasteiger charge is -2.08. The number of hydrogen-bond donors (Lipinski definition) is 1. The van der Waals surface area contributed by atoms with E-state index in [1.807, 2.05) is 0 Å². The van der Waals surface area contributed by atoms with E-state index in [1.54, 1.807) is 12.1 Å². The molecule has 2 rings (SSSR count). The van der Waals surface area contributed by atoms with E-state index >= 15 is 0 Å². The maximum Gasteiger partial charge on any atom is 0.416 e. The van der Waals surface area contributed by atoms with Crippen molar-refractivity contribution in [2.45, 2.75) is 19.0 Å². The highest BCUT2D eigenvalue weighted by Crippen LogP contribution is 2.30. The van der Waals surface area contributed by atoms with Gasteiger partial charge in [0, 0.05) is 18.2 Å². The lowest BCUT2D eigenvalue weighted by atomic mass is 10.2. The Bertz CT molecular complexity index is 809. The van der Waals surface area contributed by atoms with E-state index in [-0.39, 0.29) is 18.1 Å². The third-order valence-electron chi connectivity index (χ3n) is 3.34. The van der Waals surface area contributed by atoms with E-state index in [2.05, 4.69) is 10.1 Å². The van der Waals surface area contributed by atoms with Crippen LogP contribution in [-0.2, 0) is 26.9 Å². The van der Waals surface area contributed by atoms with Gasteiger partial charge in [-0.05, 0) is 36.4 Å². The number of anilines is 1. The van der Waals surface area contributed by atoms with Crippen LogP contribution in [-0.4, -0.2) is 19.0 Å². The summed E-state index contributed by atoms with van der Waals surface area (Å²) in [5.74, 6) is -0.0341. The number of amides is 1. The first kappa shape index (κ1) is 19.3. The maximum atomic E-state index is 12.6. The Hall–Kier alpha value is -3.03. The number of ether oxygens (including phenoxy) is 1. The van der Waals surface area contributed by atoms with Crippen LogP contribution >= 0.6 is 0 Å². The van der Waals surface area contributed by atoms with Crippen LogP contribution in [0.4, 0.5) is 18.9 Å². The molecule has 1 aromatic carbocycles. The standard InChI is InChI=1S/C18H16F3NO4/c1-25-17(24)10-8-15-6-5-14(26-15)7-9-16(23)22-13-4-2-3-12(11-13)18(19,20)21/h2-7,9,11H,8,10H2,1H3,(H,22,23)/b9-7+. The van der Waals surface area contributed by atoms with Crippen LogP contribution in [0, 0.1) is 0 Å². The number of benzene rings is 1. The SMILES string of the molecule is COC(=O)CCc1ccc(/C=C/C(=O)Nc2cccc(C(F)(F)F)c2)o1. The van der Waals surface area contributed by atoms with Gasteiger partial charge in [0.05, 0.1) is 19.1 Å². The zero-order valence-electron chi connectivity index (χ0n) is 13.8. The van der Waals surface area contributed by atoms with Crippen molar-refractivity contribution in [2.75, 3.05) is 12.4 Å². The van der Waals surface area contributed by atoms with Crippen LogP contribution in [0.5, 0.6) is 0 Å². The fourth-order valence-electron chi connectivity index (χ4n) is 2.06. The summed E-state index contributed by atoms with van der Waals surface area (Å²) >= 11 is 0. The largest absolute Gasteiger partial charge is 0.469 e. The monoisotopic (exact) mass is 367 g/mol. The number of esters is 1. The Labute approximate surface area is 147 Å². The molecular weight excluding hydrogens is 351 g/mol. The predicted molar refractivity (Wildman–Crippen MR) is 88.2 cm³/mol. The van der Waals surface area contributed by atoms with Gasteiger partial charge in [0.1, 0.15) is 11.5 Å². The molecule has 0 radical (unpaired) electrons. The molecule has 0 atom stereocenters. The minimum Gasteiger partial charge on any atom is -0.469 e. The van der Waals surface area contributed by atoms with E-state index < -0.39 is 17.6 Å². The van der Waals surface area contributed by atoms with Gasteiger partial charge in [0.2, 0.25) is 5.91 Å². The first-order valence-corrected chi connectivity index (χ1v) is 7.60. The van der Waals surface area contributed by atoms with Crippen LogP contribution in [0.2, 0.25) is 0 Å². The molecule has 0 spiro atoms. The van der Waals surface area contributed by atoms with Crippen LogP contribution in [0.15, 0.2) is 46.9 Å². The van der Waals surface area contributed by atoms with Gasteiger partial charge in [-0.15, -0.1) is 0 Å². The number of halogens is 3. The smallest absolute Gasteiger partial charge is 0.416 e. The third kappa shape index (κ3) is 5.80. The number of aryl methyl sites for hydroxylation is 1. The Kier molecular flexibility index (Phi) is 6.21. The normalized spacial score (nSPS) is 11.5. The van der Waals surface area contributed by atoms with E-state index in [0.717, 1.165) is 18.2 Å². The Morgan fingerprint density at radius 1 is 1.23 bits per heavy atom. The number of methoxy groups -OCH3 is 1. The summed E-state index contributed by atoms with van der Waals surface area (Å²) in [5.41, 5.74) is -0.812. The topological polar surface area (TPSA) is 68.5 Å². The third-order valence-corrected chi connectivity index (χ3v) is 3.34. The van der Waals surface area contributed by atoms with Gasteiger partial charge < -0.3 is 14.5 Å². The summed E-state index contributed by atoms with van der Waals surface area (Å²) < 4.78 is 47.9. The van der Waals surface area contributed by atoms with E-state index in [1.165, 1.54) is 25.3 Å². The average Bonchev–Trinajstić information content (AvgIpc) is 3.05. The molecule has 0 aliphatic rings. The maximum absolute atomic E-state index is 12.6. The lowest BCUT2D eigenvalue weighted by Crippen LogP contribution is -2.10. The number of carbonyl (C=O) groups is 2. The fourth-order valence-corrected chi connectivity index (χ4v) is 2.06. The van der Waals surface area contributed by atoms with E-state index in [9.17, 15) is 22.8 Å². The van der Waals surface area contributed by atoms with Gasteiger partial charge in [-0.2, -0.15) is 13.2 Å². The molecule has 0 fully saturated rings. The lowest BCUT2D eigenvalue weighted by molar-refractivity contribution is -0.140. The summed E-state index contributed by atoms with van der Waals surface area (Å²) in [6.45, 7) is 0. The minimum atomic E-state index is -4.48. The summed E-state index contributed by atoms with van der Waals surface area (Å²) in [6.07, 6.45) is -1.43. The van der Waals surface area contributed by atoms with Gasteiger partial charge in [0.25, 0.3) is 0 Å². The minimum absolute atomic E-state index is 0.0349. The zero-order valence-corrected chi connectivity index (χ0v) is 13.8. The second-order valence-corrected chi connectivity index (χ2v) is 5.28. The molecule has 0 aliphatic heterocycles. The molecule has 138 valence electrons. The van der Waals surface area contributed by atoms with Gasteiger partial charge in [0.15, 0.2) is 0 Å². The number of rotatable bonds is 6. The Morgan fingerprint density at radius 2 is 2.00 bits per heavy atom. The second kappa shape index (κ2) is 8.37. The van der Waals surface area contributed by atoms with Gasteiger partial charge in [-0.1, -0.05) is 6.07 Å². The molecule has 2 aromatic rings. The van der Waals surface area contributed by atoms with Crippen molar-refractivity contribution < 1.29 is 31.9 Å². The molecule has 0 saturated heterocycles. The van der Waals surface area contributed by atoms with Crippen molar-refractivity contribution >= 4 is 23.6 Å². The van der Waals surface area contributed by atoms with Crippen molar-refractivity contribution in [2.24, 2.45) is 0 Å². The average molecular weight is 367 g/mol. The molecule has 1 heterocycles. The van der Waals surface area contributed by atoms with Crippen LogP contribution in [0.3, 0.4) is 0 Å². The van der Waals surface area contributed by atoms with Gasteiger partial charge in [-0.25, -0.2) is 0 Å².